The lowest BCUT2D eigenvalue weighted by atomic mass is 9.85. The zero-order valence-corrected chi connectivity index (χ0v) is 23.6. The third-order valence-electron chi connectivity index (χ3n) is 6.07. The van der Waals surface area contributed by atoms with Crippen LogP contribution < -0.4 is 10.6 Å². The number of carboxylic acid groups (broad SMARTS) is 1. The molecule has 0 aromatic carbocycles. The molecule has 0 radical (unpaired) electrons. The summed E-state index contributed by atoms with van der Waals surface area (Å²) in [6.45, 7) is 12.8. The van der Waals surface area contributed by atoms with E-state index in [0.717, 1.165) is 11.8 Å². The van der Waals surface area contributed by atoms with Gasteiger partial charge in [0.15, 0.2) is 16.7 Å². The summed E-state index contributed by atoms with van der Waals surface area (Å²) in [7, 11) is 0. The lowest BCUT2D eigenvalue weighted by molar-refractivity contribution is -0.304. The van der Waals surface area contributed by atoms with Crippen LogP contribution in [0.15, 0.2) is 0 Å². The van der Waals surface area contributed by atoms with Crippen LogP contribution in [0.1, 0.15) is 67.2 Å². The summed E-state index contributed by atoms with van der Waals surface area (Å²) in [4.78, 5) is 48.3. The Labute approximate surface area is 223 Å². The monoisotopic (exact) mass is 546 g/mol. The molecule has 0 bridgehead atoms. The van der Waals surface area contributed by atoms with Crippen molar-refractivity contribution in [2.24, 2.45) is 10.8 Å². The summed E-state index contributed by atoms with van der Waals surface area (Å²) >= 11 is 1.03. The Balaban J connectivity index is 1.68. The van der Waals surface area contributed by atoms with Gasteiger partial charge in [0.2, 0.25) is 11.8 Å². The summed E-state index contributed by atoms with van der Waals surface area (Å²) in [5.41, 5.74) is -0.709. The summed E-state index contributed by atoms with van der Waals surface area (Å²) in [5, 5.41) is 14.3. The third-order valence-corrected chi connectivity index (χ3v) is 6.94. The molecule has 212 valence electrons. The summed E-state index contributed by atoms with van der Waals surface area (Å²) in [5.74, 6) is -3.27. The van der Waals surface area contributed by atoms with E-state index in [0.29, 0.717) is 25.6 Å². The molecule has 2 heterocycles. The minimum absolute atomic E-state index is 0.0670. The van der Waals surface area contributed by atoms with Crippen molar-refractivity contribution < 1.29 is 43.2 Å². The fourth-order valence-corrected chi connectivity index (χ4v) is 4.55. The van der Waals surface area contributed by atoms with E-state index in [9.17, 15) is 19.2 Å². The van der Waals surface area contributed by atoms with Crippen molar-refractivity contribution in [1.29, 1.82) is 0 Å². The van der Waals surface area contributed by atoms with Gasteiger partial charge in [-0.05, 0) is 13.8 Å². The number of nitrogens with one attached hydrogen (secondary N) is 2. The predicted octanol–water partition coefficient (Wildman–Crippen LogP) is 2.07. The van der Waals surface area contributed by atoms with Crippen LogP contribution in [0.5, 0.6) is 0 Å². The molecule has 2 saturated heterocycles. The first-order valence-electron chi connectivity index (χ1n) is 12.6. The lowest BCUT2D eigenvalue weighted by Gasteiger charge is -2.44. The first kappa shape index (κ1) is 31.5. The van der Waals surface area contributed by atoms with Crippen LogP contribution in [-0.4, -0.2) is 84.3 Å². The number of carbonyl (C=O) groups excluding carboxylic acids is 3. The average Bonchev–Trinajstić information content (AvgIpc) is 2.79. The maximum atomic E-state index is 12.6. The molecule has 11 nitrogen and oxygen atoms in total. The molecule has 0 saturated carbocycles. The number of ether oxygens (including phenoxy) is 4. The Kier molecular flexibility index (Phi) is 11.0. The standard InChI is InChI=1S/C25H42N2O9S/c1-22(2)14-34-25(35-15-22,9-7-18(29)30)13-19(31)37-12-11-26-17(28)8-10-27-21(32)20-23(3,4)16-33-24(5,6)36-20/h20H,7-16H2,1-6H3,(H,26,28)(H,27,32)(H,29,30)/t20-/m0/s1. The number of hydrogen-bond acceptors (Lipinski definition) is 9. The average molecular weight is 547 g/mol. The molecule has 12 heteroatoms. The van der Waals surface area contributed by atoms with Crippen molar-refractivity contribution in [2.75, 3.05) is 38.7 Å². The molecule has 2 aliphatic rings. The third kappa shape index (κ3) is 10.5. The van der Waals surface area contributed by atoms with Gasteiger partial charge >= 0.3 is 5.97 Å². The first-order valence-corrected chi connectivity index (χ1v) is 13.5. The second-order valence-electron chi connectivity index (χ2n) is 11.5. The molecule has 2 fully saturated rings. The van der Waals surface area contributed by atoms with Crippen LogP contribution in [0.2, 0.25) is 0 Å². The van der Waals surface area contributed by atoms with E-state index in [1.165, 1.54) is 0 Å². The highest BCUT2D eigenvalue weighted by molar-refractivity contribution is 8.13. The molecule has 2 rings (SSSR count). The van der Waals surface area contributed by atoms with E-state index in [1.807, 2.05) is 27.7 Å². The number of thioether (sulfide) groups is 1. The predicted molar refractivity (Wildman–Crippen MR) is 137 cm³/mol. The fourth-order valence-electron chi connectivity index (χ4n) is 3.80. The van der Waals surface area contributed by atoms with Crippen molar-refractivity contribution in [3.8, 4) is 0 Å². The van der Waals surface area contributed by atoms with Gasteiger partial charge in [0, 0.05) is 42.5 Å². The van der Waals surface area contributed by atoms with Crippen LogP contribution in [0.25, 0.3) is 0 Å². The lowest BCUT2D eigenvalue weighted by Crippen LogP contribution is -2.56. The molecule has 0 spiro atoms. The summed E-state index contributed by atoms with van der Waals surface area (Å²) in [6.07, 6.45) is -0.749. The smallest absolute Gasteiger partial charge is 0.303 e. The van der Waals surface area contributed by atoms with Crippen LogP contribution in [0.3, 0.4) is 0 Å². The minimum Gasteiger partial charge on any atom is -0.481 e. The molecular formula is C25H42N2O9S. The Morgan fingerprint density at radius 1 is 0.892 bits per heavy atom. The number of aliphatic carboxylic acids is 1. The number of rotatable bonds is 12. The van der Waals surface area contributed by atoms with Gasteiger partial charge in [0.25, 0.3) is 0 Å². The quantitative estimate of drug-likeness (QED) is 0.311. The second-order valence-corrected chi connectivity index (χ2v) is 12.7. The molecule has 2 amide bonds. The molecular weight excluding hydrogens is 504 g/mol. The van der Waals surface area contributed by atoms with Gasteiger partial charge in [-0.3, -0.25) is 19.2 Å². The second kappa shape index (κ2) is 12.9. The topological polar surface area (TPSA) is 149 Å². The highest BCUT2D eigenvalue weighted by Crippen LogP contribution is 2.36. The molecule has 2 aliphatic heterocycles. The van der Waals surface area contributed by atoms with E-state index in [-0.39, 0.29) is 61.1 Å². The Morgan fingerprint density at radius 2 is 1.54 bits per heavy atom. The minimum atomic E-state index is -1.24. The highest BCUT2D eigenvalue weighted by atomic mass is 32.2. The Bertz CT molecular complexity index is 834. The zero-order valence-electron chi connectivity index (χ0n) is 22.8. The van der Waals surface area contributed by atoms with Crippen LogP contribution in [0.4, 0.5) is 0 Å². The van der Waals surface area contributed by atoms with Crippen molar-refractivity contribution in [3.05, 3.63) is 0 Å². The SMILES string of the molecule is CC1(C)COC(CCC(=O)O)(CC(=O)SCCNC(=O)CCNC(=O)[C@@H]2OC(C)(C)OCC2(C)C)OC1. The maximum Gasteiger partial charge on any atom is 0.303 e. The maximum absolute atomic E-state index is 12.6. The number of amides is 2. The zero-order chi connectivity index (χ0) is 27.9. The van der Waals surface area contributed by atoms with E-state index >= 15 is 0 Å². The Hall–Kier alpha value is -1.73. The molecule has 0 aromatic heterocycles. The molecule has 3 N–H and O–H groups in total. The van der Waals surface area contributed by atoms with Gasteiger partial charge in [0.1, 0.15) is 6.10 Å². The number of hydrogen-bond donors (Lipinski definition) is 3. The van der Waals surface area contributed by atoms with Gasteiger partial charge in [-0.1, -0.05) is 39.5 Å². The Morgan fingerprint density at radius 3 is 2.16 bits per heavy atom. The number of carbonyl (C=O) groups is 4. The van der Waals surface area contributed by atoms with Crippen LogP contribution in [-0.2, 0) is 38.1 Å². The van der Waals surface area contributed by atoms with E-state index in [4.69, 9.17) is 24.1 Å². The van der Waals surface area contributed by atoms with Crippen LogP contribution in [0, 0.1) is 10.8 Å². The first-order chi connectivity index (χ1) is 17.0. The molecule has 1 atom stereocenters. The summed E-state index contributed by atoms with van der Waals surface area (Å²) < 4.78 is 23.1. The normalized spacial score (nSPS) is 23.6. The molecule has 0 unspecified atom stereocenters. The van der Waals surface area contributed by atoms with Crippen molar-refractivity contribution in [2.45, 2.75) is 84.9 Å². The number of carboxylic acids is 1. The van der Waals surface area contributed by atoms with E-state index < -0.39 is 29.1 Å². The molecule has 37 heavy (non-hydrogen) atoms. The van der Waals surface area contributed by atoms with Gasteiger partial charge in [-0.2, -0.15) is 0 Å². The van der Waals surface area contributed by atoms with E-state index in [1.54, 1.807) is 13.8 Å². The van der Waals surface area contributed by atoms with Crippen LogP contribution >= 0.6 is 11.8 Å². The van der Waals surface area contributed by atoms with Crippen molar-refractivity contribution >= 4 is 34.7 Å². The van der Waals surface area contributed by atoms with Gasteiger partial charge in [-0.15, -0.1) is 0 Å². The van der Waals surface area contributed by atoms with Crippen molar-refractivity contribution in [3.63, 3.8) is 0 Å². The highest BCUT2D eigenvalue weighted by Gasteiger charge is 2.46. The summed E-state index contributed by atoms with van der Waals surface area (Å²) in [6, 6.07) is 0. The van der Waals surface area contributed by atoms with Crippen molar-refractivity contribution in [1.82, 2.24) is 10.6 Å². The largest absolute Gasteiger partial charge is 0.481 e. The van der Waals surface area contributed by atoms with E-state index in [2.05, 4.69) is 10.6 Å². The molecule has 0 aromatic rings. The fraction of sp³-hybridized carbons (Fsp3) is 0.840. The van der Waals surface area contributed by atoms with Gasteiger partial charge in [0.05, 0.1) is 32.7 Å². The van der Waals surface area contributed by atoms with Gasteiger partial charge in [-0.25, -0.2) is 0 Å². The van der Waals surface area contributed by atoms with Gasteiger partial charge < -0.3 is 34.7 Å². The molecule has 0 aliphatic carbocycles.